The molecule has 108 valence electrons. The van der Waals surface area contributed by atoms with Gasteiger partial charge in [0.2, 0.25) is 5.91 Å². The number of hydrogen-bond acceptors (Lipinski definition) is 2. The van der Waals surface area contributed by atoms with E-state index in [9.17, 15) is 4.79 Å². The highest BCUT2D eigenvalue weighted by Crippen LogP contribution is 2.24. The van der Waals surface area contributed by atoms with Crippen LogP contribution in [0.5, 0.6) is 0 Å². The highest BCUT2D eigenvalue weighted by atomic mass is 79.9. The van der Waals surface area contributed by atoms with Crippen LogP contribution in [-0.2, 0) is 11.2 Å². The zero-order chi connectivity index (χ0) is 15.4. The molecule has 0 atom stereocenters. The summed E-state index contributed by atoms with van der Waals surface area (Å²) in [6.07, 6.45) is 0.338. The molecule has 1 amide bonds. The molecule has 2 rings (SSSR count). The van der Waals surface area contributed by atoms with Gasteiger partial charge in [0.05, 0.1) is 12.1 Å². The molecule has 0 aliphatic rings. The fourth-order valence-electron chi connectivity index (χ4n) is 1.97. The summed E-state index contributed by atoms with van der Waals surface area (Å²) in [4.78, 5) is 12.4. The summed E-state index contributed by atoms with van der Waals surface area (Å²) in [6, 6.07) is 13.3. The molecule has 2 aromatic carbocycles. The van der Waals surface area contributed by atoms with Gasteiger partial charge < -0.3 is 11.1 Å². The summed E-state index contributed by atoms with van der Waals surface area (Å²) < 4.78 is 0.755. The number of carbonyl (C=O) groups excluding carboxylic acids is 1. The Balaban J connectivity index is 2.08. The molecule has 5 heteroatoms. The first-order valence-corrected chi connectivity index (χ1v) is 7.60. The summed E-state index contributed by atoms with van der Waals surface area (Å²) in [6.45, 7) is 2.01. The number of carbonyl (C=O) groups is 1. The third kappa shape index (κ3) is 4.37. The van der Waals surface area contributed by atoms with Gasteiger partial charge in [0.15, 0.2) is 0 Å². The number of nitrogens with two attached hydrogens (primary N) is 1. The molecule has 2 aromatic rings. The molecule has 0 heterocycles. The number of halogens is 1. The lowest BCUT2D eigenvalue weighted by atomic mass is 10.1. The molecule has 21 heavy (non-hydrogen) atoms. The Kier molecular flexibility index (Phi) is 5.09. The maximum absolute atomic E-state index is 12.1. The summed E-state index contributed by atoms with van der Waals surface area (Å²) in [5.74, 6) is -0.0654. The van der Waals surface area contributed by atoms with E-state index in [0.717, 1.165) is 21.2 Å². The van der Waals surface area contributed by atoms with Gasteiger partial charge in [0.1, 0.15) is 4.99 Å². The van der Waals surface area contributed by atoms with E-state index < -0.39 is 0 Å². The van der Waals surface area contributed by atoms with Gasteiger partial charge >= 0.3 is 0 Å². The topological polar surface area (TPSA) is 55.1 Å². The van der Waals surface area contributed by atoms with Crippen LogP contribution < -0.4 is 11.1 Å². The Morgan fingerprint density at radius 2 is 2.05 bits per heavy atom. The van der Waals surface area contributed by atoms with Crippen molar-refractivity contribution in [2.75, 3.05) is 5.32 Å². The fourth-order valence-corrected chi connectivity index (χ4v) is 2.58. The molecule has 0 unspecified atom stereocenters. The lowest BCUT2D eigenvalue weighted by molar-refractivity contribution is -0.115. The van der Waals surface area contributed by atoms with E-state index >= 15 is 0 Å². The van der Waals surface area contributed by atoms with Gasteiger partial charge in [-0.2, -0.15) is 0 Å². The van der Waals surface area contributed by atoms with Crippen molar-refractivity contribution in [3.05, 3.63) is 63.6 Å². The van der Waals surface area contributed by atoms with Gasteiger partial charge in [-0.3, -0.25) is 4.79 Å². The molecular weight excluding hydrogens is 348 g/mol. The van der Waals surface area contributed by atoms with Crippen molar-refractivity contribution in [1.29, 1.82) is 0 Å². The molecule has 0 aromatic heterocycles. The standard InChI is InChI=1S/C16H15BrN2OS/c1-10-3-2-4-11(7-10)8-15(20)19-14-6-5-12(16(18)21)9-13(14)17/h2-7,9H,8H2,1H3,(H2,18,21)(H,19,20). The Morgan fingerprint density at radius 1 is 1.29 bits per heavy atom. The first-order valence-electron chi connectivity index (χ1n) is 6.40. The number of hydrogen-bond donors (Lipinski definition) is 2. The Bertz CT molecular complexity index is 700. The van der Waals surface area contributed by atoms with Crippen LogP contribution >= 0.6 is 28.1 Å². The van der Waals surface area contributed by atoms with Crippen LogP contribution in [0.4, 0.5) is 5.69 Å². The lowest BCUT2D eigenvalue weighted by Gasteiger charge is -2.09. The third-order valence-corrected chi connectivity index (χ3v) is 3.87. The number of thiocarbonyl (C=S) groups is 1. The van der Waals surface area contributed by atoms with Crippen molar-refractivity contribution in [2.45, 2.75) is 13.3 Å². The minimum Gasteiger partial charge on any atom is -0.389 e. The molecular formula is C16H15BrN2OS. The molecule has 0 fully saturated rings. The number of nitrogens with one attached hydrogen (secondary N) is 1. The summed E-state index contributed by atoms with van der Waals surface area (Å²) in [5.41, 5.74) is 9.16. The molecule has 0 aliphatic heterocycles. The van der Waals surface area contributed by atoms with Gasteiger partial charge in [-0.1, -0.05) is 42.0 Å². The van der Waals surface area contributed by atoms with Crippen molar-refractivity contribution in [2.24, 2.45) is 5.73 Å². The zero-order valence-corrected chi connectivity index (χ0v) is 13.9. The van der Waals surface area contributed by atoms with E-state index in [-0.39, 0.29) is 5.91 Å². The minimum atomic E-state index is -0.0654. The second-order valence-electron chi connectivity index (χ2n) is 4.77. The van der Waals surface area contributed by atoms with Crippen molar-refractivity contribution >= 4 is 44.7 Å². The molecule has 0 bridgehead atoms. The van der Waals surface area contributed by atoms with E-state index in [1.807, 2.05) is 31.2 Å². The van der Waals surface area contributed by atoms with Gasteiger partial charge in [-0.05, 0) is 46.6 Å². The first kappa shape index (κ1) is 15.7. The van der Waals surface area contributed by atoms with E-state index in [1.54, 1.807) is 18.2 Å². The molecule has 0 radical (unpaired) electrons. The van der Waals surface area contributed by atoms with Gasteiger partial charge in [0, 0.05) is 10.0 Å². The largest absolute Gasteiger partial charge is 0.389 e. The Morgan fingerprint density at radius 3 is 2.67 bits per heavy atom. The van der Waals surface area contributed by atoms with Crippen LogP contribution in [0.1, 0.15) is 16.7 Å². The van der Waals surface area contributed by atoms with Crippen LogP contribution in [0.2, 0.25) is 0 Å². The highest BCUT2D eigenvalue weighted by Gasteiger charge is 2.08. The second kappa shape index (κ2) is 6.83. The van der Waals surface area contributed by atoms with Crippen LogP contribution in [0, 0.1) is 6.92 Å². The van der Waals surface area contributed by atoms with Crippen LogP contribution in [0.15, 0.2) is 46.9 Å². The summed E-state index contributed by atoms with van der Waals surface area (Å²) >= 11 is 8.33. The minimum absolute atomic E-state index is 0.0654. The quantitative estimate of drug-likeness (QED) is 0.817. The van der Waals surface area contributed by atoms with Crippen LogP contribution in [0.25, 0.3) is 0 Å². The van der Waals surface area contributed by atoms with Crippen molar-refractivity contribution in [3.8, 4) is 0 Å². The lowest BCUT2D eigenvalue weighted by Crippen LogP contribution is -2.15. The number of rotatable bonds is 4. The van der Waals surface area contributed by atoms with Gasteiger partial charge in [-0.15, -0.1) is 0 Å². The van der Waals surface area contributed by atoms with Crippen molar-refractivity contribution in [1.82, 2.24) is 0 Å². The van der Waals surface area contributed by atoms with Gasteiger partial charge in [0.25, 0.3) is 0 Å². The molecule has 3 N–H and O–H groups in total. The van der Waals surface area contributed by atoms with Crippen LogP contribution in [0.3, 0.4) is 0 Å². The average Bonchev–Trinajstić information content (AvgIpc) is 2.40. The zero-order valence-electron chi connectivity index (χ0n) is 11.5. The molecule has 0 saturated heterocycles. The normalized spacial score (nSPS) is 10.2. The number of aryl methyl sites for hydroxylation is 1. The monoisotopic (exact) mass is 362 g/mol. The maximum Gasteiger partial charge on any atom is 0.228 e. The van der Waals surface area contributed by atoms with E-state index in [0.29, 0.717) is 17.1 Å². The Hall–Kier alpha value is -1.72. The van der Waals surface area contributed by atoms with E-state index in [4.69, 9.17) is 18.0 Å². The number of benzene rings is 2. The molecule has 0 aliphatic carbocycles. The molecule has 3 nitrogen and oxygen atoms in total. The number of anilines is 1. The van der Waals surface area contributed by atoms with Crippen LogP contribution in [-0.4, -0.2) is 10.9 Å². The van der Waals surface area contributed by atoms with E-state index in [1.165, 1.54) is 0 Å². The predicted octanol–water partition coefficient (Wildman–Crippen LogP) is 3.57. The highest BCUT2D eigenvalue weighted by molar-refractivity contribution is 9.10. The molecule has 0 saturated carbocycles. The first-order chi connectivity index (χ1) is 9.95. The third-order valence-electron chi connectivity index (χ3n) is 2.97. The second-order valence-corrected chi connectivity index (χ2v) is 6.07. The number of amides is 1. The van der Waals surface area contributed by atoms with E-state index in [2.05, 4.69) is 21.2 Å². The maximum atomic E-state index is 12.1. The van der Waals surface area contributed by atoms with Gasteiger partial charge in [-0.25, -0.2) is 0 Å². The average molecular weight is 363 g/mol. The summed E-state index contributed by atoms with van der Waals surface area (Å²) in [7, 11) is 0. The Labute approximate surface area is 137 Å². The summed E-state index contributed by atoms with van der Waals surface area (Å²) in [5, 5.41) is 2.87. The predicted molar refractivity (Wildman–Crippen MR) is 93.5 cm³/mol. The molecule has 0 spiro atoms. The fraction of sp³-hybridized carbons (Fsp3) is 0.125. The van der Waals surface area contributed by atoms with Crippen molar-refractivity contribution in [3.63, 3.8) is 0 Å². The van der Waals surface area contributed by atoms with Crippen molar-refractivity contribution < 1.29 is 4.79 Å². The smallest absolute Gasteiger partial charge is 0.228 e. The SMILES string of the molecule is Cc1cccc(CC(=O)Nc2ccc(C(N)=S)cc2Br)c1.